The molecule has 0 spiro atoms. The Morgan fingerprint density at radius 1 is 1.40 bits per heavy atom. The number of benzene rings is 1. The number of carbonyl (C=O) groups is 1. The number of hydrogen-bond donors (Lipinski definition) is 1. The molecular formula is C13H11NO5S. The van der Waals surface area contributed by atoms with Gasteiger partial charge in [-0.3, -0.25) is 10.1 Å². The molecule has 1 aromatic carbocycles. The van der Waals surface area contributed by atoms with Crippen molar-refractivity contribution in [2.75, 3.05) is 6.61 Å². The van der Waals surface area contributed by atoms with Crippen molar-refractivity contribution in [2.45, 2.75) is 6.42 Å². The second-order valence-corrected chi connectivity index (χ2v) is 4.75. The molecule has 20 heavy (non-hydrogen) atoms. The first-order valence-electron chi connectivity index (χ1n) is 5.73. The Hall–Kier alpha value is -2.41. The highest BCUT2D eigenvalue weighted by Gasteiger charge is 2.17. The van der Waals surface area contributed by atoms with Crippen molar-refractivity contribution in [3.05, 3.63) is 56.3 Å². The van der Waals surface area contributed by atoms with Crippen molar-refractivity contribution in [3.8, 4) is 5.75 Å². The predicted octanol–water partition coefficient (Wildman–Crippen LogP) is 2.98. The topological polar surface area (TPSA) is 89.7 Å². The molecule has 1 aromatic heterocycles. The number of rotatable bonds is 6. The van der Waals surface area contributed by atoms with Crippen LogP contribution in [0.4, 0.5) is 5.69 Å². The number of nitrogens with zero attached hydrogens (tertiary/aromatic N) is 1. The van der Waals surface area contributed by atoms with Gasteiger partial charge in [-0.2, -0.15) is 11.3 Å². The van der Waals surface area contributed by atoms with Gasteiger partial charge in [0.1, 0.15) is 0 Å². The Balaban J connectivity index is 2.13. The van der Waals surface area contributed by atoms with E-state index in [9.17, 15) is 14.9 Å². The van der Waals surface area contributed by atoms with Crippen LogP contribution in [0.25, 0.3) is 0 Å². The molecule has 6 nitrogen and oxygen atoms in total. The van der Waals surface area contributed by atoms with Gasteiger partial charge < -0.3 is 9.84 Å². The number of carboxylic acids is 1. The smallest absolute Gasteiger partial charge is 0.335 e. The SMILES string of the molecule is O=C(O)c1ccc([N+](=O)[O-])c(OCCc2ccsc2)c1. The summed E-state index contributed by atoms with van der Waals surface area (Å²) in [5, 5.41) is 23.7. The van der Waals surface area contributed by atoms with Crippen LogP contribution >= 0.6 is 11.3 Å². The van der Waals surface area contributed by atoms with E-state index in [4.69, 9.17) is 9.84 Å². The van der Waals surface area contributed by atoms with E-state index in [1.54, 1.807) is 11.3 Å². The maximum Gasteiger partial charge on any atom is 0.335 e. The summed E-state index contributed by atoms with van der Waals surface area (Å²) >= 11 is 1.56. The molecule has 0 atom stereocenters. The van der Waals surface area contributed by atoms with E-state index in [2.05, 4.69) is 0 Å². The largest absolute Gasteiger partial charge is 0.486 e. The molecule has 0 unspecified atom stereocenters. The summed E-state index contributed by atoms with van der Waals surface area (Å²) in [4.78, 5) is 21.2. The molecule has 0 aliphatic carbocycles. The highest BCUT2D eigenvalue weighted by atomic mass is 32.1. The molecule has 0 saturated carbocycles. The van der Waals surface area contributed by atoms with Crippen molar-refractivity contribution in [1.29, 1.82) is 0 Å². The summed E-state index contributed by atoms with van der Waals surface area (Å²) in [6.07, 6.45) is 0.609. The standard InChI is InChI=1S/C13H11NO5S/c15-13(16)10-1-2-11(14(17)18)12(7-10)19-5-3-9-4-6-20-8-9/h1-2,4,6-8H,3,5H2,(H,15,16). The highest BCUT2D eigenvalue weighted by Crippen LogP contribution is 2.28. The lowest BCUT2D eigenvalue weighted by molar-refractivity contribution is -0.385. The lowest BCUT2D eigenvalue weighted by Crippen LogP contribution is -2.05. The molecule has 0 saturated heterocycles. The fourth-order valence-electron chi connectivity index (χ4n) is 1.63. The molecule has 7 heteroatoms. The molecule has 2 aromatic rings. The van der Waals surface area contributed by atoms with E-state index in [0.29, 0.717) is 6.42 Å². The van der Waals surface area contributed by atoms with Gasteiger partial charge in [-0.05, 0) is 28.5 Å². The number of hydrogen-bond acceptors (Lipinski definition) is 5. The fourth-order valence-corrected chi connectivity index (χ4v) is 2.33. The van der Waals surface area contributed by atoms with Crippen molar-refractivity contribution in [3.63, 3.8) is 0 Å². The maximum atomic E-state index is 10.9. The van der Waals surface area contributed by atoms with E-state index in [-0.39, 0.29) is 23.6 Å². The monoisotopic (exact) mass is 293 g/mol. The van der Waals surface area contributed by atoms with Crippen molar-refractivity contribution in [1.82, 2.24) is 0 Å². The molecule has 104 valence electrons. The lowest BCUT2D eigenvalue weighted by atomic mass is 10.2. The average Bonchev–Trinajstić information content (AvgIpc) is 2.91. The van der Waals surface area contributed by atoms with Crippen LogP contribution in [0, 0.1) is 10.1 Å². The highest BCUT2D eigenvalue weighted by molar-refractivity contribution is 7.07. The Morgan fingerprint density at radius 3 is 2.80 bits per heavy atom. The van der Waals surface area contributed by atoms with E-state index in [1.165, 1.54) is 12.1 Å². The van der Waals surface area contributed by atoms with Gasteiger partial charge in [0.25, 0.3) is 0 Å². The van der Waals surface area contributed by atoms with E-state index < -0.39 is 10.9 Å². The molecule has 0 aliphatic heterocycles. The fraction of sp³-hybridized carbons (Fsp3) is 0.154. The van der Waals surface area contributed by atoms with Gasteiger partial charge in [0.05, 0.1) is 17.1 Å². The Labute approximate surface area is 118 Å². The summed E-state index contributed by atoms with van der Waals surface area (Å²) in [6.45, 7) is 0.251. The normalized spacial score (nSPS) is 10.2. The number of carboxylic acid groups (broad SMARTS) is 1. The minimum atomic E-state index is -1.15. The van der Waals surface area contributed by atoms with E-state index >= 15 is 0 Å². The van der Waals surface area contributed by atoms with Crippen LogP contribution < -0.4 is 4.74 Å². The number of thiophene rings is 1. The lowest BCUT2D eigenvalue weighted by Gasteiger charge is -2.07. The zero-order valence-electron chi connectivity index (χ0n) is 10.3. The number of nitro groups is 1. The molecule has 2 rings (SSSR count). The first-order chi connectivity index (χ1) is 9.58. The van der Waals surface area contributed by atoms with Gasteiger partial charge >= 0.3 is 11.7 Å². The molecule has 0 radical (unpaired) electrons. The average molecular weight is 293 g/mol. The minimum Gasteiger partial charge on any atom is -0.486 e. The zero-order chi connectivity index (χ0) is 14.5. The van der Waals surface area contributed by atoms with Gasteiger partial charge in [-0.25, -0.2) is 4.79 Å². The zero-order valence-corrected chi connectivity index (χ0v) is 11.1. The van der Waals surface area contributed by atoms with Gasteiger partial charge in [0, 0.05) is 18.6 Å². The number of ether oxygens (including phenoxy) is 1. The molecular weight excluding hydrogens is 282 g/mol. The van der Waals surface area contributed by atoms with Crippen LogP contribution in [0.1, 0.15) is 15.9 Å². The Bertz CT molecular complexity index is 624. The van der Waals surface area contributed by atoms with Crippen LogP contribution in [-0.2, 0) is 6.42 Å². The van der Waals surface area contributed by atoms with Crippen molar-refractivity contribution < 1.29 is 19.6 Å². The van der Waals surface area contributed by atoms with Gasteiger partial charge in [-0.15, -0.1) is 0 Å². The maximum absolute atomic E-state index is 10.9. The third-order valence-corrected chi connectivity index (χ3v) is 3.36. The van der Waals surface area contributed by atoms with Gasteiger partial charge in [0.15, 0.2) is 5.75 Å². The third-order valence-electron chi connectivity index (χ3n) is 2.63. The first kappa shape index (κ1) is 14.0. The molecule has 1 heterocycles. The van der Waals surface area contributed by atoms with Crippen LogP contribution in [0.5, 0.6) is 5.75 Å². The van der Waals surface area contributed by atoms with E-state index in [1.807, 2.05) is 16.8 Å². The van der Waals surface area contributed by atoms with Crippen LogP contribution in [0.2, 0.25) is 0 Å². The minimum absolute atomic E-state index is 0.0230. The molecule has 0 aliphatic rings. The molecule has 0 amide bonds. The summed E-state index contributed by atoms with van der Waals surface area (Å²) < 4.78 is 5.36. The van der Waals surface area contributed by atoms with Gasteiger partial charge in [-0.1, -0.05) is 0 Å². The summed E-state index contributed by atoms with van der Waals surface area (Å²) in [6, 6.07) is 5.44. The second-order valence-electron chi connectivity index (χ2n) is 3.97. The van der Waals surface area contributed by atoms with Crippen LogP contribution in [0.3, 0.4) is 0 Å². The van der Waals surface area contributed by atoms with Crippen molar-refractivity contribution in [2.24, 2.45) is 0 Å². The summed E-state index contributed by atoms with van der Waals surface area (Å²) in [7, 11) is 0. The Morgan fingerprint density at radius 2 is 2.20 bits per heavy atom. The third kappa shape index (κ3) is 3.33. The molecule has 0 fully saturated rings. The number of aromatic carboxylic acids is 1. The van der Waals surface area contributed by atoms with Crippen LogP contribution in [0.15, 0.2) is 35.0 Å². The quantitative estimate of drug-likeness (QED) is 0.653. The number of nitro benzene ring substituents is 1. The predicted molar refractivity (Wildman–Crippen MR) is 73.6 cm³/mol. The van der Waals surface area contributed by atoms with Gasteiger partial charge in [0.2, 0.25) is 0 Å². The second kappa shape index (κ2) is 6.16. The van der Waals surface area contributed by atoms with Crippen LogP contribution in [-0.4, -0.2) is 22.6 Å². The first-order valence-corrected chi connectivity index (χ1v) is 6.68. The van der Waals surface area contributed by atoms with E-state index in [0.717, 1.165) is 11.6 Å². The summed E-state index contributed by atoms with van der Waals surface area (Å²) in [5.41, 5.74) is 0.800. The summed E-state index contributed by atoms with van der Waals surface area (Å²) in [5.74, 6) is -1.17. The van der Waals surface area contributed by atoms with Crippen molar-refractivity contribution >= 4 is 23.0 Å². The molecule has 0 bridgehead atoms. The Kier molecular flexibility index (Phi) is 4.31. The molecule has 1 N–H and O–H groups in total.